The first kappa shape index (κ1) is 9.71. The van der Waals surface area contributed by atoms with Gasteiger partial charge in [-0.15, -0.1) is 11.3 Å². The van der Waals surface area contributed by atoms with Crippen molar-refractivity contribution in [3.05, 3.63) is 21.3 Å². The van der Waals surface area contributed by atoms with E-state index in [4.69, 9.17) is 17.3 Å². The van der Waals surface area contributed by atoms with Crippen molar-refractivity contribution < 1.29 is 4.79 Å². The summed E-state index contributed by atoms with van der Waals surface area (Å²) in [5.41, 5.74) is 5.24. The Bertz CT molecular complexity index is 272. The van der Waals surface area contributed by atoms with Crippen LogP contribution in [0.25, 0.3) is 0 Å². The maximum absolute atomic E-state index is 11.1. The van der Waals surface area contributed by atoms with Crippen LogP contribution in [0, 0.1) is 0 Å². The molecule has 1 heterocycles. The van der Waals surface area contributed by atoms with Crippen LogP contribution in [0.15, 0.2) is 12.1 Å². The standard InChI is InChI=1S/C8H10ClNOS/c9-8-2-1-7(12-8)5-6(11)3-4-10/h1-2H,3-5,10H2. The second kappa shape index (κ2) is 4.60. The Morgan fingerprint density at radius 1 is 1.58 bits per heavy atom. The van der Waals surface area contributed by atoms with E-state index in [9.17, 15) is 4.79 Å². The minimum Gasteiger partial charge on any atom is -0.330 e. The van der Waals surface area contributed by atoms with Gasteiger partial charge in [0.25, 0.3) is 0 Å². The fourth-order valence-corrected chi connectivity index (χ4v) is 2.01. The first-order valence-corrected chi connectivity index (χ1v) is 4.88. The van der Waals surface area contributed by atoms with Crippen molar-refractivity contribution in [2.75, 3.05) is 6.54 Å². The predicted molar refractivity (Wildman–Crippen MR) is 51.7 cm³/mol. The molecular weight excluding hydrogens is 194 g/mol. The number of thiophene rings is 1. The average Bonchev–Trinajstić information content (AvgIpc) is 2.36. The molecule has 0 radical (unpaired) electrons. The van der Waals surface area contributed by atoms with Crippen LogP contribution >= 0.6 is 22.9 Å². The van der Waals surface area contributed by atoms with Gasteiger partial charge in [0.15, 0.2) is 0 Å². The second-order valence-corrected chi connectivity index (χ2v) is 4.26. The molecule has 0 saturated carbocycles. The Labute approximate surface area is 80.3 Å². The lowest BCUT2D eigenvalue weighted by atomic mass is 10.2. The highest BCUT2D eigenvalue weighted by Gasteiger charge is 2.04. The molecule has 0 spiro atoms. The van der Waals surface area contributed by atoms with Gasteiger partial charge in [-0.25, -0.2) is 0 Å². The van der Waals surface area contributed by atoms with Crippen molar-refractivity contribution in [1.82, 2.24) is 0 Å². The molecule has 2 nitrogen and oxygen atoms in total. The van der Waals surface area contributed by atoms with E-state index < -0.39 is 0 Å². The van der Waals surface area contributed by atoms with E-state index >= 15 is 0 Å². The molecule has 0 unspecified atom stereocenters. The van der Waals surface area contributed by atoms with Crippen LogP contribution in [-0.2, 0) is 11.2 Å². The zero-order chi connectivity index (χ0) is 8.97. The monoisotopic (exact) mass is 203 g/mol. The van der Waals surface area contributed by atoms with Crippen LogP contribution in [0.5, 0.6) is 0 Å². The second-order valence-electron chi connectivity index (χ2n) is 2.46. The van der Waals surface area contributed by atoms with Gasteiger partial charge in [-0.2, -0.15) is 0 Å². The van der Waals surface area contributed by atoms with Crippen molar-refractivity contribution in [3.8, 4) is 0 Å². The van der Waals surface area contributed by atoms with E-state index in [1.54, 1.807) is 6.07 Å². The summed E-state index contributed by atoms with van der Waals surface area (Å²) < 4.78 is 0.727. The molecule has 0 bridgehead atoms. The fourth-order valence-electron chi connectivity index (χ4n) is 0.890. The number of nitrogens with two attached hydrogens (primary N) is 1. The number of hydrogen-bond acceptors (Lipinski definition) is 3. The Balaban J connectivity index is 2.46. The van der Waals surface area contributed by atoms with Gasteiger partial charge in [0, 0.05) is 17.7 Å². The fraction of sp³-hybridized carbons (Fsp3) is 0.375. The van der Waals surface area contributed by atoms with Crippen LogP contribution in [0.1, 0.15) is 11.3 Å². The summed E-state index contributed by atoms with van der Waals surface area (Å²) in [7, 11) is 0. The van der Waals surface area contributed by atoms with Crippen LogP contribution in [-0.4, -0.2) is 12.3 Å². The molecule has 0 aromatic carbocycles. The average molecular weight is 204 g/mol. The Kier molecular flexibility index (Phi) is 3.72. The van der Waals surface area contributed by atoms with Crippen LogP contribution < -0.4 is 5.73 Å². The number of ketones is 1. The molecule has 0 saturated heterocycles. The number of hydrogen-bond donors (Lipinski definition) is 1. The van der Waals surface area contributed by atoms with Crippen LogP contribution in [0.3, 0.4) is 0 Å². The van der Waals surface area contributed by atoms with Gasteiger partial charge in [0.05, 0.1) is 4.34 Å². The first-order chi connectivity index (χ1) is 5.72. The maximum atomic E-state index is 11.1. The van der Waals surface area contributed by atoms with E-state index in [1.807, 2.05) is 6.07 Å². The Morgan fingerprint density at radius 2 is 2.33 bits per heavy atom. The van der Waals surface area contributed by atoms with Gasteiger partial charge < -0.3 is 5.73 Å². The Morgan fingerprint density at radius 3 is 2.83 bits per heavy atom. The topological polar surface area (TPSA) is 43.1 Å². The number of carbonyl (C=O) groups is 1. The minimum atomic E-state index is 0.177. The van der Waals surface area contributed by atoms with Gasteiger partial charge in [0.2, 0.25) is 0 Å². The highest BCUT2D eigenvalue weighted by Crippen LogP contribution is 2.21. The van der Waals surface area contributed by atoms with E-state index in [0.717, 1.165) is 9.21 Å². The van der Waals surface area contributed by atoms with Crippen molar-refractivity contribution in [3.63, 3.8) is 0 Å². The number of rotatable bonds is 4. The first-order valence-electron chi connectivity index (χ1n) is 3.68. The molecule has 0 amide bonds. The van der Waals surface area contributed by atoms with Gasteiger partial charge >= 0.3 is 0 Å². The zero-order valence-corrected chi connectivity index (χ0v) is 8.12. The summed E-state index contributed by atoms with van der Waals surface area (Å²) >= 11 is 7.15. The van der Waals surface area contributed by atoms with Crippen LogP contribution in [0.4, 0.5) is 0 Å². The Hall–Kier alpha value is -0.380. The maximum Gasteiger partial charge on any atom is 0.139 e. The van der Waals surface area contributed by atoms with Crippen molar-refractivity contribution in [2.24, 2.45) is 5.73 Å². The molecule has 1 rings (SSSR count). The van der Waals surface area contributed by atoms with Crippen molar-refractivity contribution in [2.45, 2.75) is 12.8 Å². The third-order valence-electron chi connectivity index (χ3n) is 1.42. The lowest BCUT2D eigenvalue weighted by molar-refractivity contribution is -0.118. The van der Waals surface area contributed by atoms with Gasteiger partial charge in [0.1, 0.15) is 5.78 Å². The lowest BCUT2D eigenvalue weighted by Crippen LogP contribution is -2.09. The summed E-state index contributed by atoms with van der Waals surface area (Å²) in [4.78, 5) is 12.1. The smallest absolute Gasteiger partial charge is 0.139 e. The van der Waals surface area contributed by atoms with E-state index in [1.165, 1.54) is 11.3 Å². The summed E-state index contributed by atoms with van der Waals surface area (Å²) in [6.07, 6.45) is 0.921. The molecule has 12 heavy (non-hydrogen) atoms. The molecule has 0 aliphatic heterocycles. The van der Waals surface area contributed by atoms with Crippen LogP contribution in [0.2, 0.25) is 4.34 Å². The summed E-state index contributed by atoms with van der Waals surface area (Å²) in [5, 5.41) is 0. The third-order valence-corrected chi connectivity index (χ3v) is 2.65. The SMILES string of the molecule is NCCC(=O)Cc1ccc(Cl)s1. The molecule has 1 aromatic rings. The molecule has 66 valence electrons. The quantitative estimate of drug-likeness (QED) is 0.812. The van der Waals surface area contributed by atoms with Crippen molar-refractivity contribution >= 4 is 28.7 Å². The molecule has 0 atom stereocenters. The summed E-state index contributed by atoms with van der Waals surface area (Å²) in [6, 6.07) is 3.68. The van der Waals surface area contributed by atoms with Crippen molar-refractivity contribution in [1.29, 1.82) is 0 Å². The van der Waals surface area contributed by atoms with E-state index in [-0.39, 0.29) is 5.78 Å². The number of halogens is 1. The van der Waals surface area contributed by atoms with Gasteiger partial charge in [-0.1, -0.05) is 11.6 Å². The molecule has 0 aliphatic carbocycles. The third kappa shape index (κ3) is 2.93. The summed E-state index contributed by atoms with van der Waals surface area (Å²) in [5.74, 6) is 0.177. The minimum absolute atomic E-state index is 0.177. The molecule has 0 fully saturated rings. The van der Waals surface area contributed by atoms with E-state index in [0.29, 0.717) is 19.4 Å². The summed E-state index contributed by atoms with van der Waals surface area (Å²) in [6.45, 7) is 0.429. The predicted octanol–water partition coefficient (Wildman–Crippen LogP) is 1.86. The molecule has 4 heteroatoms. The van der Waals surface area contributed by atoms with E-state index in [2.05, 4.69) is 0 Å². The normalized spacial score (nSPS) is 10.2. The largest absolute Gasteiger partial charge is 0.330 e. The molecule has 1 aromatic heterocycles. The number of Topliss-reactive ketones (excluding diaryl/α,β-unsaturated/α-hetero) is 1. The zero-order valence-electron chi connectivity index (χ0n) is 6.55. The molecular formula is C8H10ClNOS. The van der Waals surface area contributed by atoms with Gasteiger partial charge in [-0.3, -0.25) is 4.79 Å². The molecule has 0 aliphatic rings. The lowest BCUT2D eigenvalue weighted by Gasteiger charge is -1.94. The molecule has 2 N–H and O–H groups in total. The van der Waals surface area contributed by atoms with Gasteiger partial charge in [-0.05, 0) is 18.7 Å². The highest BCUT2D eigenvalue weighted by atomic mass is 35.5. The highest BCUT2D eigenvalue weighted by molar-refractivity contribution is 7.16. The number of carbonyl (C=O) groups excluding carboxylic acids is 1.